The van der Waals surface area contributed by atoms with Crippen molar-refractivity contribution in [2.24, 2.45) is 11.7 Å². The van der Waals surface area contributed by atoms with Gasteiger partial charge in [-0.1, -0.05) is 5.16 Å². The lowest BCUT2D eigenvalue weighted by molar-refractivity contribution is -0.130. The fourth-order valence-corrected chi connectivity index (χ4v) is 2.85. The number of hydrogen-bond acceptors (Lipinski definition) is 5. The summed E-state index contributed by atoms with van der Waals surface area (Å²) in [7, 11) is 0. The molecule has 25 heavy (non-hydrogen) atoms. The number of aryl methyl sites for hydroxylation is 2. The Bertz CT molecular complexity index is 805. The second kappa shape index (κ2) is 7.00. The van der Waals surface area contributed by atoms with E-state index in [1.165, 1.54) is 6.07 Å². The zero-order chi connectivity index (χ0) is 18.0. The van der Waals surface area contributed by atoms with E-state index in [1.54, 1.807) is 24.0 Å². The molecule has 2 N–H and O–H groups in total. The van der Waals surface area contributed by atoms with Crippen LogP contribution in [0.1, 0.15) is 24.3 Å². The maximum atomic E-state index is 13.3. The van der Waals surface area contributed by atoms with Gasteiger partial charge in [0.15, 0.2) is 0 Å². The molecule has 1 atom stereocenters. The van der Waals surface area contributed by atoms with E-state index in [-0.39, 0.29) is 30.0 Å². The molecular formula is C17H19FN4O3. The van der Waals surface area contributed by atoms with Gasteiger partial charge < -0.3 is 15.2 Å². The minimum atomic E-state index is -0.369. The van der Waals surface area contributed by atoms with E-state index in [9.17, 15) is 14.0 Å². The smallest absolute Gasteiger partial charge is 0.227 e. The van der Waals surface area contributed by atoms with E-state index in [0.717, 1.165) is 0 Å². The van der Waals surface area contributed by atoms with Gasteiger partial charge in [-0.3, -0.25) is 9.59 Å². The number of nitrogens with zero attached hydrogens (tertiary/aromatic N) is 3. The van der Waals surface area contributed by atoms with Gasteiger partial charge in [0.2, 0.25) is 23.5 Å². The third-order valence-electron chi connectivity index (χ3n) is 4.38. The van der Waals surface area contributed by atoms with Gasteiger partial charge in [-0.15, -0.1) is 0 Å². The first kappa shape index (κ1) is 17.1. The highest BCUT2D eigenvalue weighted by Crippen LogP contribution is 2.20. The Balaban J connectivity index is 1.58. The molecule has 7 nitrogen and oxygen atoms in total. The predicted octanol–water partition coefficient (Wildman–Crippen LogP) is 1.45. The second-order valence-electron chi connectivity index (χ2n) is 6.20. The maximum absolute atomic E-state index is 13.3. The van der Waals surface area contributed by atoms with Gasteiger partial charge in [0.25, 0.3) is 0 Å². The minimum absolute atomic E-state index is 0.0684. The van der Waals surface area contributed by atoms with E-state index in [4.69, 9.17) is 10.3 Å². The Morgan fingerprint density at radius 3 is 2.92 bits per heavy atom. The number of likely N-dealkylation sites (tertiary alicyclic amines) is 1. The molecule has 1 aliphatic heterocycles. The van der Waals surface area contributed by atoms with Crippen molar-refractivity contribution in [2.75, 3.05) is 13.1 Å². The van der Waals surface area contributed by atoms with Crippen LogP contribution in [-0.4, -0.2) is 39.9 Å². The predicted molar refractivity (Wildman–Crippen MR) is 86.6 cm³/mol. The molecule has 132 valence electrons. The molecule has 1 fully saturated rings. The first-order valence-corrected chi connectivity index (χ1v) is 8.10. The van der Waals surface area contributed by atoms with Gasteiger partial charge in [-0.25, -0.2) is 4.39 Å². The number of carbonyl (C=O) groups excluding carboxylic acids is 2. The highest BCUT2D eigenvalue weighted by molar-refractivity contribution is 5.81. The third-order valence-corrected chi connectivity index (χ3v) is 4.38. The van der Waals surface area contributed by atoms with Crippen molar-refractivity contribution in [3.63, 3.8) is 0 Å². The first-order chi connectivity index (χ1) is 11.9. The van der Waals surface area contributed by atoms with E-state index in [0.29, 0.717) is 48.8 Å². The average Bonchev–Trinajstić information content (AvgIpc) is 3.24. The van der Waals surface area contributed by atoms with Gasteiger partial charge >= 0.3 is 0 Å². The molecule has 3 rings (SSSR count). The van der Waals surface area contributed by atoms with Gasteiger partial charge in [-0.05, 0) is 37.1 Å². The molecule has 0 aliphatic carbocycles. The third kappa shape index (κ3) is 3.84. The van der Waals surface area contributed by atoms with E-state index < -0.39 is 0 Å². The van der Waals surface area contributed by atoms with Crippen molar-refractivity contribution in [2.45, 2.75) is 26.2 Å². The van der Waals surface area contributed by atoms with Crippen LogP contribution in [0.3, 0.4) is 0 Å². The number of amides is 2. The number of hydrogen-bond donors (Lipinski definition) is 1. The van der Waals surface area contributed by atoms with Crippen molar-refractivity contribution < 1.29 is 18.5 Å². The summed E-state index contributed by atoms with van der Waals surface area (Å²) in [5.41, 5.74) is 6.42. The molecule has 0 unspecified atom stereocenters. The maximum Gasteiger partial charge on any atom is 0.227 e. The Morgan fingerprint density at radius 1 is 1.44 bits per heavy atom. The zero-order valence-electron chi connectivity index (χ0n) is 13.9. The molecule has 0 spiro atoms. The summed E-state index contributed by atoms with van der Waals surface area (Å²) in [5, 5.41) is 3.87. The monoisotopic (exact) mass is 346 g/mol. The molecule has 1 saturated heterocycles. The molecule has 2 amide bonds. The van der Waals surface area contributed by atoms with Crippen LogP contribution in [0.2, 0.25) is 0 Å². The SMILES string of the molecule is Cc1cc(-c2noc(CCC(=O)N3CC[C@@H](C(N)=O)C3)n2)ccc1F. The standard InChI is InChI=1S/C17H19FN4O3/c1-10-8-11(2-3-13(10)18)17-20-14(25-21-17)4-5-15(23)22-7-6-12(9-22)16(19)24/h2-3,8,12H,4-7,9H2,1H3,(H2,19,24)/t12-/m1/s1. The van der Waals surface area contributed by atoms with Crippen LogP contribution in [0.5, 0.6) is 0 Å². The highest BCUT2D eigenvalue weighted by Gasteiger charge is 2.29. The minimum Gasteiger partial charge on any atom is -0.369 e. The molecular weight excluding hydrogens is 327 g/mol. The van der Waals surface area contributed by atoms with Crippen LogP contribution in [0.25, 0.3) is 11.4 Å². The Hall–Kier alpha value is -2.77. The molecule has 2 aromatic rings. The normalized spacial score (nSPS) is 17.0. The van der Waals surface area contributed by atoms with E-state index in [1.807, 2.05) is 0 Å². The van der Waals surface area contributed by atoms with Crippen molar-refractivity contribution in [3.8, 4) is 11.4 Å². The Morgan fingerprint density at radius 2 is 2.24 bits per heavy atom. The van der Waals surface area contributed by atoms with Crippen LogP contribution in [0, 0.1) is 18.7 Å². The zero-order valence-corrected chi connectivity index (χ0v) is 13.9. The summed E-state index contributed by atoms with van der Waals surface area (Å²) in [6, 6.07) is 4.58. The summed E-state index contributed by atoms with van der Waals surface area (Å²) in [6.07, 6.45) is 1.13. The molecule has 1 aliphatic rings. The van der Waals surface area contributed by atoms with Crippen molar-refractivity contribution in [1.82, 2.24) is 15.0 Å². The molecule has 0 saturated carbocycles. The molecule has 1 aromatic heterocycles. The number of carbonyl (C=O) groups is 2. The number of halogens is 1. The van der Waals surface area contributed by atoms with E-state index in [2.05, 4.69) is 10.1 Å². The first-order valence-electron chi connectivity index (χ1n) is 8.10. The number of nitrogens with two attached hydrogens (primary N) is 1. The van der Waals surface area contributed by atoms with Crippen LogP contribution in [0.4, 0.5) is 4.39 Å². The summed E-state index contributed by atoms with van der Waals surface area (Å²) in [4.78, 5) is 29.2. The second-order valence-corrected chi connectivity index (χ2v) is 6.20. The number of benzene rings is 1. The highest BCUT2D eigenvalue weighted by atomic mass is 19.1. The topological polar surface area (TPSA) is 102 Å². The van der Waals surface area contributed by atoms with Crippen molar-refractivity contribution >= 4 is 11.8 Å². The number of primary amides is 1. The van der Waals surface area contributed by atoms with Gasteiger partial charge in [0.05, 0.1) is 5.92 Å². The fraction of sp³-hybridized carbons (Fsp3) is 0.412. The molecule has 1 aromatic carbocycles. The average molecular weight is 346 g/mol. The van der Waals surface area contributed by atoms with Crippen LogP contribution >= 0.6 is 0 Å². The lowest BCUT2D eigenvalue weighted by Gasteiger charge is -2.15. The summed E-state index contributed by atoms with van der Waals surface area (Å²) in [5.74, 6) is -0.289. The van der Waals surface area contributed by atoms with Gasteiger partial charge in [-0.2, -0.15) is 4.98 Å². The molecule has 0 radical (unpaired) electrons. The van der Waals surface area contributed by atoms with E-state index >= 15 is 0 Å². The van der Waals surface area contributed by atoms with Crippen molar-refractivity contribution in [3.05, 3.63) is 35.5 Å². The fourth-order valence-electron chi connectivity index (χ4n) is 2.85. The Kier molecular flexibility index (Phi) is 4.78. The quantitative estimate of drug-likeness (QED) is 0.883. The number of rotatable bonds is 5. The number of aromatic nitrogens is 2. The summed E-state index contributed by atoms with van der Waals surface area (Å²) < 4.78 is 18.5. The lowest BCUT2D eigenvalue weighted by Crippen LogP contribution is -2.31. The summed E-state index contributed by atoms with van der Waals surface area (Å²) in [6.45, 7) is 2.57. The van der Waals surface area contributed by atoms with Gasteiger partial charge in [0, 0.05) is 31.5 Å². The molecule has 2 heterocycles. The van der Waals surface area contributed by atoms with Crippen LogP contribution in [-0.2, 0) is 16.0 Å². The summed E-state index contributed by atoms with van der Waals surface area (Å²) >= 11 is 0. The largest absolute Gasteiger partial charge is 0.369 e. The lowest BCUT2D eigenvalue weighted by atomic mass is 10.1. The van der Waals surface area contributed by atoms with Crippen LogP contribution in [0.15, 0.2) is 22.7 Å². The van der Waals surface area contributed by atoms with Crippen molar-refractivity contribution in [1.29, 1.82) is 0 Å². The molecule has 8 heteroatoms. The molecule has 0 bridgehead atoms. The van der Waals surface area contributed by atoms with Crippen LogP contribution < -0.4 is 5.73 Å². The van der Waals surface area contributed by atoms with Gasteiger partial charge in [0.1, 0.15) is 5.82 Å². The Labute approximate surface area is 144 Å².